The van der Waals surface area contributed by atoms with Crippen LogP contribution >= 0.6 is 0 Å². The summed E-state index contributed by atoms with van der Waals surface area (Å²) in [7, 11) is 0. The highest BCUT2D eigenvalue weighted by Crippen LogP contribution is 2.21. The van der Waals surface area contributed by atoms with Crippen LogP contribution in [0.15, 0.2) is 11.1 Å². The van der Waals surface area contributed by atoms with Crippen molar-refractivity contribution in [3.63, 3.8) is 0 Å². The monoisotopic (exact) mass is 184 g/mol. The van der Waals surface area contributed by atoms with Crippen molar-refractivity contribution < 1.29 is 4.79 Å². The molecule has 0 N–H and O–H groups in total. The molecular formula is C12H24O. The van der Waals surface area contributed by atoms with Gasteiger partial charge in [-0.05, 0) is 26.3 Å². The van der Waals surface area contributed by atoms with Gasteiger partial charge in [-0.2, -0.15) is 0 Å². The third kappa shape index (κ3) is 5.62. The third-order valence-electron chi connectivity index (χ3n) is 1.77. The van der Waals surface area contributed by atoms with E-state index >= 15 is 0 Å². The summed E-state index contributed by atoms with van der Waals surface area (Å²) in [4.78, 5) is 11.5. The maximum atomic E-state index is 11.5. The summed E-state index contributed by atoms with van der Waals surface area (Å²) < 4.78 is 0. The van der Waals surface area contributed by atoms with Crippen LogP contribution in [0.4, 0.5) is 0 Å². The van der Waals surface area contributed by atoms with Gasteiger partial charge in [-0.15, -0.1) is 0 Å². The fourth-order valence-corrected chi connectivity index (χ4v) is 0.790. The molecule has 0 saturated carbocycles. The standard InChI is InChI=1S/C10H18O.C2H6/c1-7(2)8(3)9(11)10(4,5)6;1-2/h1-6H3;1-2H3. The highest BCUT2D eigenvalue weighted by Gasteiger charge is 2.22. The van der Waals surface area contributed by atoms with Gasteiger partial charge in [-0.3, -0.25) is 4.79 Å². The van der Waals surface area contributed by atoms with Gasteiger partial charge >= 0.3 is 0 Å². The Morgan fingerprint density at radius 2 is 1.23 bits per heavy atom. The second-order valence-corrected chi connectivity index (χ2v) is 4.20. The molecule has 13 heavy (non-hydrogen) atoms. The molecule has 0 aromatic carbocycles. The molecule has 0 amide bonds. The van der Waals surface area contributed by atoms with Crippen molar-refractivity contribution in [1.29, 1.82) is 0 Å². The van der Waals surface area contributed by atoms with Gasteiger partial charge in [0.05, 0.1) is 0 Å². The van der Waals surface area contributed by atoms with Gasteiger partial charge in [0.15, 0.2) is 5.78 Å². The van der Waals surface area contributed by atoms with Crippen LogP contribution < -0.4 is 0 Å². The zero-order valence-electron chi connectivity index (χ0n) is 10.4. The summed E-state index contributed by atoms with van der Waals surface area (Å²) in [6.45, 7) is 15.7. The van der Waals surface area contributed by atoms with E-state index in [9.17, 15) is 4.79 Å². The fraction of sp³-hybridized carbons (Fsp3) is 0.750. The molecular weight excluding hydrogens is 160 g/mol. The number of carbonyl (C=O) groups excluding carboxylic acids is 1. The summed E-state index contributed by atoms with van der Waals surface area (Å²) in [5, 5.41) is 0. The lowest BCUT2D eigenvalue weighted by Crippen LogP contribution is -2.21. The van der Waals surface area contributed by atoms with E-state index in [1.807, 2.05) is 55.4 Å². The number of hydrogen-bond acceptors (Lipinski definition) is 1. The zero-order valence-corrected chi connectivity index (χ0v) is 10.4. The van der Waals surface area contributed by atoms with Gasteiger partial charge in [0.1, 0.15) is 0 Å². The average molecular weight is 184 g/mol. The van der Waals surface area contributed by atoms with Crippen molar-refractivity contribution in [1.82, 2.24) is 0 Å². The van der Waals surface area contributed by atoms with E-state index < -0.39 is 0 Å². The first-order valence-electron chi connectivity index (χ1n) is 4.95. The number of allylic oxidation sites excluding steroid dienone is 2. The molecule has 0 spiro atoms. The Morgan fingerprint density at radius 1 is 0.923 bits per heavy atom. The lowest BCUT2D eigenvalue weighted by atomic mass is 9.85. The van der Waals surface area contributed by atoms with Crippen molar-refractivity contribution in [2.45, 2.75) is 55.4 Å². The maximum absolute atomic E-state index is 11.5. The molecule has 0 unspecified atom stereocenters. The van der Waals surface area contributed by atoms with E-state index in [1.165, 1.54) is 0 Å². The predicted molar refractivity (Wildman–Crippen MR) is 59.9 cm³/mol. The fourth-order valence-electron chi connectivity index (χ4n) is 0.790. The van der Waals surface area contributed by atoms with E-state index in [1.54, 1.807) is 0 Å². The van der Waals surface area contributed by atoms with Crippen molar-refractivity contribution in [2.24, 2.45) is 5.41 Å². The number of carbonyl (C=O) groups is 1. The van der Waals surface area contributed by atoms with Gasteiger partial charge in [0, 0.05) is 5.41 Å². The zero-order chi connectivity index (χ0) is 11.2. The normalized spacial score (nSPS) is 9.85. The van der Waals surface area contributed by atoms with Crippen molar-refractivity contribution >= 4 is 5.78 Å². The maximum Gasteiger partial charge on any atom is 0.163 e. The minimum absolute atomic E-state index is 0.235. The molecule has 1 heteroatoms. The van der Waals surface area contributed by atoms with Gasteiger partial charge in [-0.1, -0.05) is 40.2 Å². The van der Waals surface area contributed by atoms with Crippen LogP contribution in [-0.4, -0.2) is 5.78 Å². The van der Waals surface area contributed by atoms with Crippen molar-refractivity contribution in [2.75, 3.05) is 0 Å². The molecule has 0 aliphatic heterocycles. The lowest BCUT2D eigenvalue weighted by Gasteiger charge is -2.17. The van der Waals surface area contributed by atoms with Crippen LogP contribution in [0.5, 0.6) is 0 Å². The predicted octanol–water partition coefficient (Wildman–Crippen LogP) is 3.98. The van der Waals surface area contributed by atoms with Crippen molar-refractivity contribution in [3.05, 3.63) is 11.1 Å². The van der Waals surface area contributed by atoms with Crippen LogP contribution in [0, 0.1) is 5.41 Å². The van der Waals surface area contributed by atoms with Crippen LogP contribution in [0.1, 0.15) is 55.4 Å². The summed E-state index contributed by atoms with van der Waals surface area (Å²) in [5.74, 6) is 0.248. The Bertz CT molecular complexity index is 188. The van der Waals surface area contributed by atoms with E-state index in [0.29, 0.717) is 0 Å². The van der Waals surface area contributed by atoms with Crippen LogP contribution in [-0.2, 0) is 4.79 Å². The first kappa shape index (κ1) is 14.9. The summed E-state index contributed by atoms with van der Waals surface area (Å²) in [6.07, 6.45) is 0. The molecule has 0 saturated heterocycles. The average Bonchev–Trinajstić information content (AvgIpc) is 2.03. The molecule has 0 radical (unpaired) electrons. The molecule has 78 valence electrons. The largest absolute Gasteiger partial charge is 0.294 e. The minimum Gasteiger partial charge on any atom is -0.294 e. The van der Waals surface area contributed by atoms with E-state index in [2.05, 4.69) is 0 Å². The molecule has 0 bridgehead atoms. The number of hydrogen-bond donors (Lipinski definition) is 0. The van der Waals surface area contributed by atoms with E-state index in [4.69, 9.17) is 0 Å². The van der Waals surface area contributed by atoms with E-state index in [-0.39, 0.29) is 11.2 Å². The van der Waals surface area contributed by atoms with Gasteiger partial charge in [0.25, 0.3) is 0 Å². The van der Waals surface area contributed by atoms with Gasteiger partial charge < -0.3 is 0 Å². The number of rotatable bonds is 1. The van der Waals surface area contributed by atoms with Gasteiger partial charge in [0.2, 0.25) is 0 Å². The topological polar surface area (TPSA) is 17.1 Å². The number of ketones is 1. The second kappa shape index (κ2) is 5.95. The molecule has 0 aliphatic rings. The molecule has 1 nitrogen and oxygen atoms in total. The molecule has 0 rings (SSSR count). The quantitative estimate of drug-likeness (QED) is 0.563. The lowest BCUT2D eigenvalue weighted by molar-refractivity contribution is -0.122. The van der Waals surface area contributed by atoms with Crippen LogP contribution in [0.2, 0.25) is 0 Å². The molecule has 0 aromatic rings. The second-order valence-electron chi connectivity index (χ2n) is 4.20. The van der Waals surface area contributed by atoms with Crippen LogP contribution in [0.25, 0.3) is 0 Å². The molecule has 0 atom stereocenters. The highest BCUT2D eigenvalue weighted by atomic mass is 16.1. The third-order valence-corrected chi connectivity index (χ3v) is 1.77. The first-order chi connectivity index (χ1) is 5.76. The molecule has 0 aliphatic carbocycles. The first-order valence-corrected chi connectivity index (χ1v) is 4.95. The minimum atomic E-state index is -0.235. The molecule has 0 fully saturated rings. The molecule has 0 aromatic heterocycles. The van der Waals surface area contributed by atoms with Crippen molar-refractivity contribution in [3.8, 4) is 0 Å². The van der Waals surface area contributed by atoms with E-state index in [0.717, 1.165) is 11.1 Å². The highest BCUT2D eigenvalue weighted by molar-refractivity contribution is 5.99. The SMILES string of the molecule is CC.CC(C)=C(C)C(=O)C(C)(C)C. The summed E-state index contributed by atoms with van der Waals surface area (Å²) >= 11 is 0. The number of Topliss-reactive ketones (excluding diaryl/α,β-unsaturated/α-hetero) is 1. The Balaban J connectivity index is 0. The van der Waals surface area contributed by atoms with Gasteiger partial charge in [-0.25, -0.2) is 0 Å². The summed E-state index contributed by atoms with van der Waals surface area (Å²) in [5.41, 5.74) is 1.78. The Morgan fingerprint density at radius 3 is 1.31 bits per heavy atom. The molecule has 0 heterocycles. The Hall–Kier alpha value is -0.590. The Labute approximate surface area is 83.2 Å². The van der Waals surface area contributed by atoms with Crippen LogP contribution in [0.3, 0.4) is 0 Å². The summed E-state index contributed by atoms with van der Waals surface area (Å²) in [6, 6.07) is 0. The smallest absolute Gasteiger partial charge is 0.163 e. The Kier molecular flexibility index (Phi) is 6.83.